The zero-order valence-corrected chi connectivity index (χ0v) is 10.8. The lowest BCUT2D eigenvalue weighted by Crippen LogP contribution is -2.03. The first-order valence-corrected chi connectivity index (χ1v) is 6.63. The van der Waals surface area contributed by atoms with Crippen LogP contribution >= 0.6 is 0 Å². The Hall–Kier alpha value is -2.28. The van der Waals surface area contributed by atoms with Gasteiger partial charge in [-0.2, -0.15) is 0 Å². The predicted octanol–water partition coefficient (Wildman–Crippen LogP) is 4.54. The normalized spacial score (nSPS) is 17.6. The van der Waals surface area contributed by atoms with Crippen LogP contribution in [0.15, 0.2) is 72.8 Å². The molecule has 19 heavy (non-hydrogen) atoms. The van der Waals surface area contributed by atoms with Crippen LogP contribution in [-0.2, 0) is 0 Å². The third-order valence-electron chi connectivity index (χ3n) is 3.60. The van der Waals surface area contributed by atoms with Gasteiger partial charge in [-0.3, -0.25) is 0 Å². The van der Waals surface area contributed by atoms with E-state index in [9.17, 15) is 0 Å². The van der Waals surface area contributed by atoms with Gasteiger partial charge in [0.25, 0.3) is 0 Å². The van der Waals surface area contributed by atoms with Gasteiger partial charge in [0.1, 0.15) is 0 Å². The lowest BCUT2D eigenvalue weighted by Gasteiger charge is -2.18. The Morgan fingerprint density at radius 3 is 2.47 bits per heavy atom. The summed E-state index contributed by atoms with van der Waals surface area (Å²) in [5.41, 5.74) is 10.8. The van der Waals surface area contributed by atoms with Crippen molar-refractivity contribution in [3.05, 3.63) is 78.4 Å². The summed E-state index contributed by atoms with van der Waals surface area (Å²) in [6.45, 7) is 0. The zero-order chi connectivity index (χ0) is 13.1. The van der Waals surface area contributed by atoms with Crippen molar-refractivity contribution < 1.29 is 0 Å². The summed E-state index contributed by atoms with van der Waals surface area (Å²) in [6, 6.07) is 16.7. The van der Waals surface area contributed by atoms with E-state index in [0.29, 0.717) is 5.92 Å². The van der Waals surface area contributed by atoms with Crippen molar-refractivity contribution in [3.63, 3.8) is 0 Å². The highest BCUT2D eigenvalue weighted by molar-refractivity contribution is 5.79. The van der Waals surface area contributed by atoms with Crippen LogP contribution in [0.2, 0.25) is 0 Å². The SMILES string of the molecule is Nc1c(-c2ccccc2)cccc1C1C=CC=CC1. The number of hydrogen-bond donors (Lipinski definition) is 1. The van der Waals surface area contributed by atoms with Crippen LogP contribution in [0.4, 0.5) is 5.69 Å². The molecule has 2 N–H and O–H groups in total. The molecule has 1 aliphatic rings. The number of anilines is 1. The molecule has 0 heterocycles. The van der Waals surface area contributed by atoms with E-state index < -0.39 is 0 Å². The molecule has 0 radical (unpaired) electrons. The quantitative estimate of drug-likeness (QED) is 0.775. The second-order valence-corrected chi connectivity index (χ2v) is 4.83. The molecule has 1 nitrogen and oxygen atoms in total. The zero-order valence-electron chi connectivity index (χ0n) is 10.8. The van der Waals surface area contributed by atoms with Crippen molar-refractivity contribution in [1.29, 1.82) is 0 Å². The molecule has 1 aliphatic carbocycles. The van der Waals surface area contributed by atoms with E-state index in [4.69, 9.17) is 5.73 Å². The summed E-state index contributed by atoms with van der Waals surface area (Å²) < 4.78 is 0. The Morgan fingerprint density at radius 2 is 1.74 bits per heavy atom. The minimum absolute atomic E-state index is 0.397. The molecule has 0 aromatic heterocycles. The Kier molecular flexibility index (Phi) is 3.20. The maximum absolute atomic E-state index is 6.39. The molecule has 0 spiro atoms. The molecular weight excluding hydrogens is 230 g/mol. The minimum Gasteiger partial charge on any atom is -0.398 e. The van der Waals surface area contributed by atoms with E-state index in [1.165, 1.54) is 11.1 Å². The molecule has 1 unspecified atom stereocenters. The number of para-hydroxylation sites is 1. The fourth-order valence-electron chi connectivity index (χ4n) is 2.59. The molecule has 0 saturated carbocycles. The Morgan fingerprint density at radius 1 is 0.895 bits per heavy atom. The van der Waals surface area contributed by atoms with E-state index >= 15 is 0 Å². The highest BCUT2D eigenvalue weighted by atomic mass is 14.6. The molecule has 0 amide bonds. The largest absolute Gasteiger partial charge is 0.398 e. The summed E-state index contributed by atoms with van der Waals surface area (Å²) in [7, 11) is 0. The number of benzene rings is 2. The first-order chi connectivity index (χ1) is 9.36. The van der Waals surface area contributed by atoms with Crippen molar-refractivity contribution in [3.8, 4) is 11.1 Å². The Bertz CT molecular complexity index is 623. The van der Waals surface area contributed by atoms with Crippen molar-refractivity contribution in [2.75, 3.05) is 5.73 Å². The molecular formula is C18H17N. The third-order valence-corrected chi connectivity index (χ3v) is 3.60. The van der Waals surface area contributed by atoms with E-state index in [0.717, 1.165) is 17.7 Å². The topological polar surface area (TPSA) is 26.0 Å². The van der Waals surface area contributed by atoms with Crippen molar-refractivity contribution in [2.24, 2.45) is 0 Å². The van der Waals surface area contributed by atoms with Gasteiger partial charge in [-0.05, 0) is 17.5 Å². The van der Waals surface area contributed by atoms with Crippen LogP contribution in [0.5, 0.6) is 0 Å². The Labute approximate surface area is 114 Å². The smallest absolute Gasteiger partial charge is 0.0432 e. The first kappa shape index (κ1) is 11.8. The lowest BCUT2D eigenvalue weighted by molar-refractivity contribution is 0.857. The minimum atomic E-state index is 0.397. The third kappa shape index (κ3) is 2.32. The highest BCUT2D eigenvalue weighted by Crippen LogP contribution is 2.35. The fraction of sp³-hybridized carbons (Fsp3) is 0.111. The molecule has 2 aromatic carbocycles. The van der Waals surface area contributed by atoms with Crippen molar-refractivity contribution >= 4 is 5.69 Å². The van der Waals surface area contributed by atoms with E-state index in [1.807, 2.05) is 18.2 Å². The van der Waals surface area contributed by atoms with Gasteiger partial charge in [-0.1, -0.05) is 72.8 Å². The number of rotatable bonds is 2. The molecule has 94 valence electrons. The van der Waals surface area contributed by atoms with Gasteiger partial charge in [0.15, 0.2) is 0 Å². The molecule has 3 rings (SSSR count). The van der Waals surface area contributed by atoms with Crippen LogP contribution in [0.1, 0.15) is 17.9 Å². The van der Waals surface area contributed by atoms with E-state index in [1.54, 1.807) is 0 Å². The van der Waals surface area contributed by atoms with Gasteiger partial charge in [0, 0.05) is 17.2 Å². The van der Waals surface area contributed by atoms with Crippen molar-refractivity contribution in [1.82, 2.24) is 0 Å². The molecule has 0 aliphatic heterocycles. The van der Waals surface area contributed by atoms with Crippen LogP contribution < -0.4 is 5.73 Å². The summed E-state index contributed by atoms with van der Waals surface area (Å²) in [6.07, 6.45) is 9.63. The maximum atomic E-state index is 6.39. The standard InChI is InChI=1S/C18H17N/c19-18-16(14-8-3-1-4-9-14)12-7-13-17(18)15-10-5-2-6-11-15/h1-10,12-13,15H,11,19H2. The summed E-state index contributed by atoms with van der Waals surface area (Å²) in [5.74, 6) is 0.397. The summed E-state index contributed by atoms with van der Waals surface area (Å²) >= 11 is 0. The van der Waals surface area contributed by atoms with Crippen LogP contribution in [0, 0.1) is 0 Å². The van der Waals surface area contributed by atoms with Crippen LogP contribution in [0.25, 0.3) is 11.1 Å². The highest BCUT2D eigenvalue weighted by Gasteiger charge is 2.14. The van der Waals surface area contributed by atoms with Gasteiger partial charge in [-0.25, -0.2) is 0 Å². The van der Waals surface area contributed by atoms with Crippen molar-refractivity contribution in [2.45, 2.75) is 12.3 Å². The summed E-state index contributed by atoms with van der Waals surface area (Å²) in [4.78, 5) is 0. The van der Waals surface area contributed by atoms with Gasteiger partial charge in [0.2, 0.25) is 0 Å². The second kappa shape index (κ2) is 5.15. The molecule has 0 fully saturated rings. The Balaban J connectivity index is 2.04. The van der Waals surface area contributed by atoms with E-state index in [2.05, 4.69) is 54.6 Å². The summed E-state index contributed by atoms with van der Waals surface area (Å²) in [5, 5.41) is 0. The number of nitrogens with two attached hydrogens (primary N) is 1. The average molecular weight is 247 g/mol. The van der Waals surface area contributed by atoms with Gasteiger partial charge in [-0.15, -0.1) is 0 Å². The van der Waals surface area contributed by atoms with Crippen LogP contribution in [-0.4, -0.2) is 0 Å². The second-order valence-electron chi connectivity index (χ2n) is 4.83. The maximum Gasteiger partial charge on any atom is 0.0432 e. The number of hydrogen-bond acceptors (Lipinski definition) is 1. The predicted molar refractivity (Wildman–Crippen MR) is 81.9 cm³/mol. The average Bonchev–Trinajstić information content (AvgIpc) is 2.49. The molecule has 0 bridgehead atoms. The number of allylic oxidation sites excluding steroid dienone is 4. The number of nitrogen functional groups attached to an aromatic ring is 1. The van der Waals surface area contributed by atoms with E-state index in [-0.39, 0.29) is 0 Å². The fourth-order valence-corrected chi connectivity index (χ4v) is 2.59. The van der Waals surface area contributed by atoms with Gasteiger partial charge in [0.05, 0.1) is 0 Å². The lowest BCUT2D eigenvalue weighted by atomic mass is 9.88. The molecule has 1 atom stereocenters. The first-order valence-electron chi connectivity index (χ1n) is 6.63. The molecule has 1 heteroatoms. The van der Waals surface area contributed by atoms with Gasteiger partial charge >= 0.3 is 0 Å². The molecule has 0 saturated heterocycles. The molecule has 2 aromatic rings. The van der Waals surface area contributed by atoms with Gasteiger partial charge < -0.3 is 5.73 Å². The van der Waals surface area contributed by atoms with Crippen LogP contribution in [0.3, 0.4) is 0 Å². The monoisotopic (exact) mass is 247 g/mol.